The lowest BCUT2D eigenvalue weighted by molar-refractivity contribution is -0.135. The van der Waals surface area contributed by atoms with E-state index < -0.39 is 11.9 Å². The van der Waals surface area contributed by atoms with Crippen LogP contribution in [0.25, 0.3) is 0 Å². The maximum atomic E-state index is 11.6. The quantitative estimate of drug-likeness (QED) is 0.807. The van der Waals surface area contributed by atoms with Gasteiger partial charge in [-0.3, -0.25) is 4.79 Å². The number of aliphatic carboxylic acids is 1. The molecule has 2 aromatic rings. The molecule has 1 aromatic carbocycles. The van der Waals surface area contributed by atoms with E-state index in [1.54, 1.807) is 19.1 Å². The number of hydrogen-bond acceptors (Lipinski definition) is 6. The molecule has 0 spiro atoms. The van der Waals surface area contributed by atoms with Crippen molar-refractivity contribution in [1.82, 2.24) is 4.98 Å². The molecular weight excluding hydrogens is 324 g/mol. The van der Waals surface area contributed by atoms with Crippen molar-refractivity contribution < 1.29 is 24.2 Å². The molecule has 0 saturated heterocycles. The number of pyridine rings is 1. The highest BCUT2D eigenvalue weighted by molar-refractivity contribution is 5.89. The van der Waals surface area contributed by atoms with Crippen LogP contribution in [0, 0.1) is 0 Å². The van der Waals surface area contributed by atoms with Crippen molar-refractivity contribution in [2.45, 2.75) is 13.3 Å². The second kappa shape index (κ2) is 7.21. The van der Waals surface area contributed by atoms with Crippen LogP contribution in [0.1, 0.15) is 22.8 Å². The van der Waals surface area contributed by atoms with E-state index in [2.05, 4.69) is 4.98 Å². The van der Waals surface area contributed by atoms with Gasteiger partial charge in [-0.25, -0.2) is 9.78 Å². The van der Waals surface area contributed by atoms with Gasteiger partial charge >= 0.3 is 11.9 Å². The van der Waals surface area contributed by atoms with Gasteiger partial charge in [0.1, 0.15) is 12.3 Å². The summed E-state index contributed by atoms with van der Waals surface area (Å²) in [4.78, 5) is 28.5. The third-order valence-corrected chi connectivity index (χ3v) is 3.87. The Morgan fingerprint density at radius 2 is 2.12 bits per heavy atom. The second-order valence-electron chi connectivity index (χ2n) is 5.53. The molecule has 0 fully saturated rings. The Morgan fingerprint density at radius 3 is 2.80 bits per heavy atom. The van der Waals surface area contributed by atoms with E-state index in [0.717, 1.165) is 11.3 Å². The van der Waals surface area contributed by atoms with E-state index in [1.165, 1.54) is 6.20 Å². The number of carboxylic acids is 1. The zero-order chi connectivity index (χ0) is 17.8. The highest BCUT2D eigenvalue weighted by Crippen LogP contribution is 2.36. The first-order chi connectivity index (χ1) is 12.1. The maximum Gasteiger partial charge on any atom is 0.339 e. The molecule has 1 aliphatic rings. The summed E-state index contributed by atoms with van der Waals surface area (Å²) < 4.78 is 10.7. The number of aromatic nitrogens is 1. The third-order valence-electron chi connectivity index (χ3n) is 3.87. The molecule has 3 rings (SSSR count). The molecule has 1 aromatic heterocycles. The largest absolute Gasteiger partial charge is 0.480 e. The van der Waals surface area contributed by atoms with Crippen molar-refractivity contribution >= 4 is 17.6 Å². The second-order valence-corrected chi connectivity index (χ2v) is 5.53. The topological polar surface area (TPSA) is 89.0 Å². The highest BCUT2D eigenvalue weighted by Gasteiger charge is 2.24. The van der Waals surface area contributed by atoms with Crippen molar-refractivity contribution in [2.75, 3.05) is 24.6 Å². The fourth-order valence-electron chi connectivity index (χ4n) is 2.78. The number of carbonyl (C=O) groups is 2. The van der Waals surface area contributed by atoms with Crippen molar-refractivity contribution in [2.24, 2.45) is 0 Å². The molecule has 1 N–H and O–H groups in total. The van der Waals surface area contributed by atoms with Crippen molar-refractivity contribution in [3.63, 3.8) is 0 Å². The fraction of sp³-hybridized carbons (Fsp3) is 0.278. The third kappa shape index (κ3) is 3.71. The van der Waals surface area contributed by atoms with Crippen LogP contribution in [-0.4, -0.2) is 41.7 Å². The molecule has 130 valence electrons. The van der Waals surface area contributed by atoms with Crippen molar-refractivity contribution in [3.8, 4) is 11.6 Å². The number of nitrogens with zero attached hydrogens (tertiary/aromatic N) is 2. The molecule has 1 aliphatic heterocycles. The van der Waals surface area contributed by atoms with Gasteiger partial charge in [-0.05, 0) is 31.5 Å². The Morgan fingerprint density at radius 1 is 1.28 bits per heavy atom. The lowest BCUT2D eigenvalue weighted by atomic mass is 10.1. The van der Waals surface area contributed by atoms with Gasteiger partial charge in [-0.2, -0.15) is 0 Å². The van der Waals surface area contributed by atoms with Crippen LogP contribution < -0.4 is 9.64 Å². The zero-order valence-corrected chi connectivity index (χ0v) is 13.8. The van der Waals surface area contributed by atoms with E-state index >= 15 is 0 Å². The molecule has 2 heterocycles. The van der Waals surface area contributed by atoms with Gasteiger partial charge in [0.15, 0.2) is 0 Å². The van der Waals surface area contributed by atoms with Gasteiger partial charge in [-0.15, -0.1) is 0 Å². The first-order valence-corrected chi connectivity index (χ1v) is 7.98. The predicted molar refractivity (Wildman–Crippen MR) is 90.3 cm³/mol. The van der Waals surface area contributed by atoms with Gasteiger partial charge in [0.25, 0.3) is 0 Å². The number of anilines is 1. The van der Waals surface area contributed by atoms with Gasteiger partial charge in [0.2, 0.25) is 5.88 Å². The molecule has 0 bridgehead atoms. The minimum atomic E-state index is -0.865. The van der Waals surface area contributed by atoms with E-state index in [0.29, 0.717) is 36.8 Å². The molecule has 25 heavy (non-hydrogen) atoms. The monoisotopic (exact) mass is 342 g/mol. The summed E-state index contributed by atoms with van der Waals surface area (Å²) in [5.74, 6) is -0.290. The number of fused-ring (bicyclic) bond motifs is 1. The minimum Gasteiger partial charge on any atom is -0.480 e. The summed E-state index contributed by atoms with van der Waals surface area (Å²) >= 11 is 0. The minimum absolute atomic E-state index is 0.0387. The number of benzene rings is 1. The first-order valence-electron chi connectivity index (χ1n) is 7.98. The number of esters is 1. The lowest BCUT2D eigenvalue weighted by Gasteiger charge is -2.17. The standard InChI is InChI=1S/C18H18N2O5/c1-2-24-18(23)12-6-7-16(19-10-12)25-15-5-3-4-14-13(15)8-9-20(14)11-17(21)22/h3-7,10H,2,8-9,11H2,1H3,(H,21,22). The summed E-state index contributed by atoms with van der Waals surface area (Å²) in [6, 6.07) is 8.73. The smallest absolute Gasteiger partial charge is 0.339 e. The Balaban J connectivity index is 1.77. The normalized spacial score (nSPS) is 12.6. The van der Waals surface area contributed by atoms with Gasteiger partial charge in [0.05, 0.1) is 12.2 Å². The molecular formula is C18H18N2O5. The van der Waals surface area contributed by atoms with Crippen molar-refractivity contribution in [3.05, 3.63) is 47.7 Å². The summed E-state index contributed by atoms with van der Waals surface area (Å²) in [5, 5.41) is 8.99. The average Bonchev–Trinajstić information content (AvgIpc) is 2.99. The number of ether oxygens (including phenoxy) is 2. The number of carbonyl (C=O) groups excluding carboxylic acids is 1. The number of carboxylic acid groups (broad SMARTS) is 1. The molecule has 0 amide bonds. The molecule has 0 unspecified atom stereocenters. The Hall–Kier alpha value is -3.09. The maximum absolute atomic E-state index is 11.6. The van der Waals surface area contributed by atoms with Crippen LogP contribution in [-0.2, 0) is 16.0 Å². The summed E-state index contributed by atoms with van der Waals surface area (Å²) in [6.07, 6.45) is 2.12. The van der Waals surface area contributed by atoms with E-state index in [9.17, 15) is 9.59 Å². The fourth-order valence-corrected chi connectivity index (χ4v) is 2.78. The molecule has 7 heteroatoms. The van der Waals surface area contributed by atoms with Crippen LogP contribution in [0.2, 0.25) is 0 Å². The Labute approximate surface area is 144 Å². The predicted octanol–water partition coefficient (Wildman–Crippen LogP) is 2.50. The lowest BCUT2D eigenvalue weighted by Crippen LogP contribution is -2.27. The molecule has 0 aliphatic carbocycles. The van der Waals surface area contributed by atoms with Gasteiger partial charge in [-0.1, -0.05) is 6.07 Å². The Kier molecular flexibility index (Phi) is 4.83. The van der Waals surface area contributed by atoms with Crippen LogP contribution >= 0.6 is 0 Å². The molecule has 0 radical (unpaired) electrons. The Bertz CT molecular complexity index is 789. The van der Waals surface area contributed by atoms with Gasteiger partial charge < -0.3 is 19.5 Å². The molecule has 7 nitrogen and oxygen atoms in total. The number of rotatable bonds is 6. The van der Waals surface area contributed by atoms with Gasteiger partial charge in [0, 0.05) is 30.1 Å². The van der Waals surface area contributed by atoms with E-state index in [4.69, 9.17) is 14.6 Å². The summed E-state index contributed by atoms with van der Waals surface area (Å²) in [5.41, 5.74) is 2.18. The first kappa shape index (κ1) is 16.8. The summed E-state index contributed by atoms with van der Waals surface area (Å²) in [6.45, 7) is 2.65. The van der Waals surface area contributed by atoms with E-state index in [1.807, 2.05) is 23.1 Å². The van der Waals surface area contributed by atoms with Crippen LogP contribution in [0.5, 0.6) is 11.6 Å². The van der Waals surface area contributed by atoms with Crippen LogP contribution in [0.3, 0.4) is 0 Å². The highest BCUT2D eigenvalue weighted by atomic mass is 16.5. The molecule has 0 saturated carbocycles. The van der Waals surface area contributed by atoms with Crippen LogP contribution in [0.4, 0.5) is 5.69 Å². The van der Waals surface area contributed by atoms with Crippen LogP contribution in [0.15, 0.2) is 36.5 Å². The number of hydrogen-bond donors (Lipinski definition) is 1. The summed E-state index contributed by atoms with van der Waals surface area (Å²) in [7, 11) is 0. The molecule has 0 atom stereocenters. The van der Waals surface area contributed by atoms with E-state index in [-0.39, 0.29) is 6.54 Å². The SMILES string of the molecule is CCOC(=O)c1ccc(Oc2cccc3c2CCN3CC(=O)O)nc1. The average molecular weight is 342 g/mol. The zero-order valence-electron chi connectivity index (χ0n) is 13.8. The van der Waals surface area contributed by atoms with Crippen molar-refractivity contribution in [1.29, 1.82) is 0 Å².